The first-order valence-electron chi connectivity index (χ1n) is 18.8. The van der Waals surface area contributed by atoms with Gasteiger partial charge in [0.25, 0.3) is 0 Å². The fraction of sp³-hybridized carbons (Fsp3) is 0.286. The van der Waals surface area contributed by atoms with Crippen LogP contribution in [-0.2, 0) is 23.1 Å². The summed E-state index contributed by atoms with van der Waals surface area (Å²) in [4.78, 5) is 12.1. The van der Waals surface area contributed by atoms with E-state index in [-0.39, 0.29) is 5.75 Å². The standard InChI is InChI=1S/C34H22Cl2N4O2.C8H20N2O2S/c1-3-39-21-11-7-5-9-17(21)25-23(39)15-13-19-31(25)41-33-27(35)30-34(28(36)29(33)37-19)42-32-20(38-30)14-16-24-26(32)18-10-6-8-12-22(18)40(24)4-2;1-4-10(5-2)8-7-9-13(11,12)6-3/h5-16H,3-4H2,1-2H3;9H,4-8H2,1-3H3. The van der Waals surface area contributed by atoms with Crippen LogP contribution in [0.25, 0.3) is 43.6 Å². The van der Waals surface area contributed by atoms with Gasteiger partial charge in [0.2, 0.25) is 10.0 Å². The molecule has 0 unspecified atom stereocenters. The van der Waals surface area contributed by atoms with Crippen molar-refractivity contribution >= 4 is 88.2 Å². The summed E-state index contributed by atoms with van der Waals surface area (Å²) in [5.41, 5.74) is 5.81. The normalized spacial score (nSPS) is 13.0. The Hall–Kier alpha value is -4.65. The van der Waals surface area contributed by atoms with Gasteiger partial charge >= 0.3 is 0 Å². The lowest BCUT2D eigenvalue weighted by molar-refractivity contribution is 0.309. The van der Waals surface area contributed by atoms with E-state index in [0.717, 1.165) is 76.3 Å². The maximum atomic E-state index is 11.0. The highest BCUT2D eigenvalue weighted by Gasteiger charge is 2.30. The van der Waals surface area contributed by atoms with Crippen LogP contribution in [-0.4, -0.2) is 54.4 Å². The third kappa shape index (κ3) is 6.22. The number of para-hydroxylation sites is 2. The van der Waals surface area contributed by atoms with Crippen LogP contribution in [0, 0.1) is 0 Å². The fourth-order valence-electron chi connectivity index (χ4n) is 7.71. The molecule has 0 saturated heterocycles. The molecule has 2 aliphatic heterocycles. The van der Waals surface area contributed by atoms with Crippen molar-refractivity contribution < 1.29 is 17.9 Å². The summed E-state index contributed by atoms with van der Waals surface area (Å²) in [7, 11) is -3.01. The van der Waals surface area contributed by atoms with Gasteiger partial charge in [0, 0.05) is 48.0 Å². The Kier molecular flexibility index (Phi) is 10.0. The van der Waals surface area contributed by atoms with Gasteiger partial charge in [-0.15, -0.1) is 0 Å². The van der Waals surface area contributed by atoms with Crippen LogP contribution in [0.15, 0.2) is 82.8 Å². The van der Waals surface area contributed by atoms with Gasteiger partial charge in [0.1, 0.15) is 32.1 Å². The lowest BCUT2D eigenvalue weighted by atomic mass is 10.1. The molecule has 0 radical (unpaired) electrons. The molecule has 2 aromatic heterocycles. The van der Waals surface area contributed by atoms with Crippen molar-refractivity contribution in [3.8, 4) is 23.0 Å². The molecule has 0 aliphatic carbocycles. The average molecular weight is 798 g/mol. The number of nitrogens with one attached hydrogen (secondary N) is 1. The SMILES string of the molecule is CCN(CC)CCNS(=O)(=O)CC.CCn1c2ccccc2c2c3c(ccc21)N=c1c(Cl)c2c(c(Cl)c1O3)=Nc1ccc3c(c1O2)c1ccccc1n3CC. The molecule has 5 aromatic carbocycles. The molecule has 9 rings (SSSR count). The van der Waals surface area contributed by atoms with Crippen LogP contribution in [0.1, 0.15) is 34.6 Å². The summed E-state index contributed by atoms with van der Waals surface area (Å²) >= 11 is 14.1. The van der Waals surface area contributed by atoms with E-state index in [1.165, 1.54) is 0 Å². The predicted octanol–water partition coefficient (Wildman–Crippen LogP) is 9.63. The predicted molar refractivity (Wildman–Crippen MR) is 224 cm³/mol. The molecule has 13 heteroatoms. The minimum Gasteiger partial charge on any atom is -0.450 e. The van der Waals surface area contributed by atoms with Gasteiger partial charge in [0.15, 0.2) is 23.0 Å². The zero-order valence-corrected chi connectivity index (χ0v) is 33.7. The van der Waals surface area contributed by atoms with E-state index < -0.39 is 10.0 Å². The molecular weight excluding hydrogens is 755 g/mol. The van der Waals surface area contributed by atoms with Crippen molar-refractivity contribution in [1.82, 2.24) is 18.8 Å². The largest absolute Gasteiger partial charge is 0.450 e. The molecule has 55 heavy (non-hydrogen) atoms. The summed E-state index contributed by atoms with van der Waals surface area (Å²) in [6.45, 7) is 14.9. The van der Waals surface area contributed by atoms with Gasteiger partial charge in [-0.1, -0.05) is 73.4 Å². The lowest BCUT2D eigenvalue weighted by Crippen LogP contribution is -2.35. The molecule has 0 fully saturated rings. The van der Waals surface area contributed by atoms with Crippen molar-refractivity contribution in [1.29, 1.82) is 0 Å². The maximum absolute atomic E-state index is 11.0. The van der Waals surface area contributed by atoms with Crippen LogP contribution in [0.3, 0.4) is 0 Å². The van der Waals surface area contributed by atoms with Gasteiger partial charge in [-0.3, -0.25) is 0 Å². The number of hydrogen-bond acceptors (Lipinski definition) is 7. The van der Waals surface area contributed by atoms with Gasteiger partial charge in [-0.25, -0.2) is 23.1 Å². The first-order chi connectivity index (χ1) is 26.6. The number of hydrogen-bond donors (Lipinski definition) is 1. The molecule has 0 bridgehead atoms. The number of ether oxygens (including phenoxy) is 2. The Balaban J connectivity index is 0.000000285. The average Bonchev–Trinajstić information content (AvgIpc) is 3.73. The summed E-state index contributed by atoms with van der Waals surface area (Å²) in [6.07, 6.45) is 0. The topological polar surface area (TPSA) is 102 Å². The lowest BCUT2D eigenvalue weighted by Gasteiger charge is -2.22. The van der Waals surface area contributed by atoms with Crippen LogP contribution in [0.4, 0.5) is 11.4 Å². The highest BCUT2D eigenvalue weighted by atomic mass is 35.5. The quantitative estimate of drug-likeness (QED) is 0.157. The van der Waals surface area contributed by atoms with Crippen molar-refractivity contribution in [3.05, 3.63) is 93.6 Å². The van der Waals surface area contributed by atoms with Crippen molar-refractivity contribution in [2.45, 2.75) is 47.7 Å². The maximum Gasteiger partial charge on any atom is 0.211 e. The Bertz CT molecular complexity index is 2730. The number of benzene rings is 5. The monoisotopic (exact) mass is 796 g/mol. The molecule has 0 atom stereocenters. The van der Waals surface area contributed by atoms with E-state index >= 15 is 0 Å². The first kappa shape index (κ1) is 37.3. The summed E-state index contributed by atoms with van der Waals surface area (Å²) < 4.78 is 42.4. The van der Waals surface area contributed by atoms with Gasteiger partial charge in [0.05, 0.1) is 27.6 Å². The Morgan fingerprint density at radius 3 is 1.51 bits per heavy atom. The molecule has 284 valence electrons. The number of aryl methyl sites for hydroxylation is 2. The van der Waals surface area contributed by atoms with E-state index in [9.17, 15) is 8.42 Å². The number of fused-ring (bicyclic) bond motifs is 12. The number of nitrogens with zero attached hydrogens (tertiary/aromatic N) is 5. The van der Waals surface area contributed by atoms with Crippen molar-refractivity contribution in [2.75, 3.05) is 31.9 Å². The van der Waals surface area contributed by atoms with Gasteiger partial charge in [-0.05, 0) is 70.3 Å². The molecule has 4 heterocycles. The number of likely N-dealkylation sites (N-methyl/N-ethyl adjacent to an activating group) is 1. The number of sulfonamides is 1. The number of rotatable bonds is 9. The highest BCUT2D eigenvalue weighted by molar-refractivity contribution is 7.89. The van der Waals surface area contributed by atoms with E-state index in [2.05, 4.69) is 95.0 Å². The zero-order valence-electron chi connectivity index (χ0n) is 31.4. The third-order valence-corrected chi connectivity index (χ3v) is 12.6. The Morgan fingerprint density at radius 2 is 1.09 bits per heavy atom. The minimum atomic E-state index is -3.01. The molecule has 10 nitrogen and oxygen atoms in total. The van der Waals surface area contributed by atoms with E-state index in [4.69, 9.17) is 42.7 Å². The van der Waals surface area contributed by atoms with Crippen LogP contribution >= 0.6 is 23.2 Å². The number of halogens is 2. The molecule has 0 amide bonds. The molecule has 2 aliphatic rings. The molecule has 0 spiro atoms. The molecule has 1 N–H and O–H groups in total. The van der Waals surface area contributed by atoms with Crippen molar-refractivity contribution in [3.63, 3.8) is 0 Å². The second kappa shape index (κ2) is 14.8. The minimum absolute atomic E-state index is 0.158. The smallest absolute Gasteiger partial charge is 0.211 e. The van der Waals surface area contributed by atoms with E-state index in [1.54, 1.807) is 6.92 Å². The van der Waals surface area contributed by atoms with E-state index in [0.29, 0.717) is 61.7 Å². The molecule has 0 saturated carbocycles. The second-order valence-corrected chi connectivity index (χ2v) is 16.2. The zero-order chi connectivity index (χ0) is 38.6. The fourth-order valence-corrected chi connectivity index (χ4v) is 8.83. The highest BCUT2D eigenvalue weighted by Crippen LogP contribution is 2.49. The molecular formula is C42H42Cl2N6O4S. The van der Waals surface area contributed by atoms with Gasteiger partial charge < -0.3 is 23.5 Å². The van der Waals surface area contributed by atoms with Crippen LogP contribution in [0.2, 0.25) is 10.0 Å². The van der Waals surface area contributed by atoms with Gasteiger partial charge in [-0.2, -0.15) is 0 Å². The Morgan fingerprint density at radius 1 is 0.636 bits per heavy atom. The summed E-state index contributed by atoms with van der Waals surface area (Å²) in [5, 5.41) is 5.70. The Labute approximate surface area is 329 Å². The van der Waals surface area contributed by atoms with E-state index in [1.807, 2.05) is 24.3 Å². The van der Waals surface area contributed by atoms with Crippen molar-refractivity contribution in [2.24, 2.45) is 9.98 Å². The summed E-state index contributed by atoms with van der Waals surface area (Å²) in [6, 6.07) is 24.8. The summed E-state index contributed by atoms with van der Waals surface area (Å²) in [5.74, 6) is 2.24. The van der Waals surface area contributed by atoms with Crippen LogP contribution < -0.4 is 24.9 Å². The van der Waals surface area contributed by atoms with Crippen LogP contribution in [0.5, 0.6) is 23.0 Å². The third-order valence-electron chi connectivity index (χ3n) is 10.5. The first-order valence-corrected chi connectivity index (χ1v) is 21.2. The second-order valence-electron chi connectivity index (χ2n) is 13.4. The molecule has 7 aromatic rings. The number of aromatic nitrogens is 2.